The van der Waals surface area contributed by atoms with Crippen LogP contribution in [0, 0.1) is 6.92 Å². The number of halogens is 1. The minimum Gasteiger partial charge on any atom is -0.479 e. The normalized spacial score (nSPS) is 14.5. The fraction of sp³-hybridized carbons (Fsp3) is 0.379. The molecule has 0 atom stereocenters. The van der Waals surface area contributed by atoms with Crippen LogP contribution in [0.25, 0.3) is 10.9 Å². The smallest absolute Gasteiger partial charge is 0.239 e. The van der Waals surface area contributed by atoms with E-state index < -0.39 is 7.14 Å². The molecule has 216 valence electrons. The van der Waals surface area contributed by atoms with Crippen molar-refractivity contribution in [1.82, 2.24) is 24.8 Å². The van der Waals surface area contributed by atoms with E-state index in [1.54, 1.807) is 32.8 Å². The number of fused-ring (bicyclic) bond motifs is 1. The van der Waals surface area contributed by atoms with Gasteiger partial charge in [0.2, 0.25) is 11.8 Å². The van der Waals surface area contributed by atoms with Gasteiger partial charge in [0.1, 0.15) is 24.5 Å². The molecule has 1 aliphatic rings. The zero-order valence-electron chi connectivity index (χ0n) is 24.3. The largest absolute Gasteiger partial charge is 0.479 e. The lowest BCUT2D eigenvalue weighted by Gasteiger charge is -2.36. The van der Waals surface area contributed by atoms with Gasteiger partial charge in [-0.3, -0.25) is 4.98 Å². The van der Waals surface area contributed by atoms with Crippen molar-refractivity contribution in [3.63, 3.8) is 0 Å². The summed E-state index contributed by atoms with van der Waals surface area (Å²) in [4.78, 5) is 23.2. The fourth-order valence-electron chi connectivity index (χ4n) is 5.31. The molecule has 1 saturated heterocycles. The van der Waals surface area contributed by atoms with Gasteiger partial charge >= 0.3 is 0 Å². The van der Waals surface area contributed by atoms with E-state index in [-0.39, 0.29) is 0 Å². The Labute approximate surface area is 249 Å². The number of benzene rings is 1. The molecule has 2 N–H and O–H groups in total. The average molecular weight is 640 g/mol. The van der Waals surface area contributed by atoms with E-state index in [9.17, 15) is 4.57 Å². The Morgan fingerprint density at radius 3 is 2.46 bits per heavy atom. The number of aromatic nitrogens is 4. The summed E-state index contributed by atoms with van der Waals surface area (Å²) in [7, 11) is 3.23. The zero-order chi connectivity index (χ0) is 29.3. The second-order valence-electron chi connectivity index (χ2n) is 10.9. The van der Waals surface area contributed by atoms with Crippen molar-refractivity contribution in [2.75, 3.05) is 63.2 Å². The zero-order valence-corrected chi connectivity index (χ0v) is 26.8. The first kappa shape index (κ1) is 29.2. The summed E-state index contributed by atoms with van der Waals surface area (Å²) in [6.07, 6.45) is 5.56. The SMILES string of the molecule is COc1nc(N2CCC(N(C)C)CC2)c(C)cc1Nc1ncc(Br)c(Nc2cnc3ccccc3c2P(C)(C)=O)n1. The van der Waals surface area contributed by atoms with E-state index in [4.69, 9.17) is 14.7 Å². The molecule has 12 heteroatoms. The predicted octanol–water partition coefficient (Wildman–Crippen LogP) is 5.76. The summed E-state index contributed by atoms with van der Waals surface area (Å²) in [5, 5.41) is 8.20. The lowest BCUT2D eigenvalue weighted by Crippen LogP contribution is -2.42. The van der Waals surface area contributed by atoms with Crippen LogP contribution in [0.2, 0.25) is 0 Å². The Balaban J connectivity index is 1.42. The van der Waals surface area contributed by atoms with Gasteiger partial charge in [-0.25, -0.2) is 4.98 Å². The molecule has 5 rings (SSSR count). The van der Waals surface area contributed by atoms with Gasteiger partial charge in [-0.05, 0) is 80.8 Å². The molecule has 0 amide bonds. The van der Waals surface area contributed by atoms with Crippen molar-refractivity contribution < 1.29 is 9.30 Å². The lowest BCUT2D eigenvalue weighted by molar-refractivity contribution is 0.249. The number of hydrogen-bond donors (Lipinski definition) is 2. The monoisotopic (exact) mass is 638 g/mol. The van der Waals surface area contributed by atoms with Crippen molar-refractivity contribution in [2.45, 2.75) is 25.8 Å². The van der Waals surface area contributed by atoms with E-state index >= 15 is 0 Å². The minimum atomic E-state index is -2.67. The lowest BCUT2D eigenvalue weighted by atomic mass is 10.0. The number of methoxy groups -OCH3 is 1. The number of aryl methyl sites for hydroxylation is 1. The van der Waals surface area contributed by atoms with Gasteiger partial charge in [0.25, 0.3) is 0 Å². The fourth-order valence-corrected chi connectivity index (χ4v) is 7.06. The molecule has 41 heavy (non-hydrogen) atoms. The number of piperidine rings is 1. The van der Waals surface area contributed by atoms with Gasteiger partial charge in [-0.15, -0.1) is 0 Å². The Morgan fingerprint density at radius 1 is 1.05 bits per heavy atom. The average Bonchev–Trinajstić information content (AvgIpc) is 2.94. The third-order valence-electron chi connectivity index (χ3n) is 7.37. The van der Waals surface area contributed by atoms with Gasteiger partial charge in [-0.1, -0.05) is 18.2 Å². The van der Waals surface area contributed by atoms with E-state index in [1.807, 2.05) is 30.3 Å². The molecule has 4 aromatic rings. The van der Waals surface area contributed by atoms with Crippen LogP contribution >= 0.6 is 23.1 Å². The first-order valence-electron chi connectivity index (χ1n) is 13.5. The van der Waals surface area contributed by atoms with Crippen LogP contribution in [0.3, 0.4) is 0 Å². The Bertz CT molecular complexity index is 1620. The maximum atomic E-state index is 13.4. The molecule has 1 aromatic carbocycles. The minimum absolute atomic E-state index is 0.362. The molecule has 3 aromatic heterocycles. The Hall–Kier alpha value is -3.27. The number of hydrogen-bond acceptors (Lipinski definition) is 10. The van der Waals surface area contributed by atoms with Crippen LogP contribution in [0.5, 0.6) is 5.88 Å². The molecule has 0 saturated carbocycles. The van der Waals surface area contributed by atoms with Crippen molar-refractivity contribution in [3.05, 3.63) is 52.8 Å². The molecular formula is C29H36BrN8O2P. The quantitative estimate of drug-likeness (QED) is 0.231. The predicted molar refractivity (Wildman–Crippen MR) is 172 cm³/mol. The number of nitrogens with zero attached hydrogens (tertiary/aromatic N) is 6. The number of pyridine rings is 2. The van der Waals surface area contributed by atoms with Crippen molar-refractivity contribution >= 4 is 68.2 Å². The topological polar surface area (TPSA) is 108 Å². The van der Waals surface area contributed by atoms with E-state index in [2.05, 4.69) is 67.4 Å². The van der Waals surface area contributed by atoms with Crippen molar-refractivity contribution in [1.29, 1.82) is 0 Å². The number of nitrogens with one attached hydrogen (secondary N) is 2. The number of ether oxygens (including phenoxy) is 1. The summed E-state index contributed by atoms with van der Waals surface area (Å²) in [5.74, 6) is 2.28. The standard InChI is InChI=1S/C29H36BrN8O2P/c1-18-15-23(28(40-4)36-27(18)38-13-11-19(12-14-38)37(2)3)34-29-32-16-21(30)26(35-29)33-24-17-31-22-10-8-7-9-20(22)25(24)41(5,6)39/h7-10,15-17,19H,11-14H2,1-6H3,(H2,32,33,34,35). The number of anilines is 5. The molecule has 0 unspecified atom stereocenters. The first-order valence-corrected chi connectivity index (χ1v) is 16.9. The number of rotatable bonds is 8. The highest BCUT2D eigenvalue weighted by molar-refractivity contribution is 9.10. The van der Waals surface area contributed by atoms with Crippen LogP contribution in [0.15, 0.2) is 47.2 Å². The maximum absolute atomic E-state index is 13.4. The molecule has 0 spiro atoms. The Kier molecular flexibility index (Phi) is 8.50. The van der Waals surface area contributed by atoms with Crippen LogP contribution in [0.1, 0.15) is 18.4 Å². The van der Waals surface area contributed by atoms with E-state index in [0.29, 0.717) is 39.5 Å². The highest BCUT2D eigenvalue weighted by atomic mass is 79.9. The summed E-state index contributed by atoms with van der Waals surface area (Å²) in [6, 6.07) is 10.3. The number of para-hydroxylation sites is 1. The second-order valence-corrected chi connectivity index (χ2v) is 14.9. The van der Waals surface area contributed by atoms with Gasteiger partial charge in [0.05, 0.1) is 29.0 Å². The van der Waals surface area contributed by atoms with Crippen LogP contribution in [-0.2, 0) is 4.57 Å². The van der Waals surface area contributed by atoms with Gasteiger partial charge in [0.15, 0.2) is 0 Å². The highest BCUT2D eigenvalue weighted by Gasteiger charge is 2.25. The summed E-state index contributed by atoms with van der Waals surface area (Å²) in [5.41, 5.74) is 3.15. The van der Waals surface area contributed by atoms with Crippen molar-refractivity contribution in [3.8, 4) is 5.88 Å². The molecule has 10 nitrogen and oxygen atoms in total. The van der Waals surface area contributed by atoms with Crippen LogP contribution in [0.4, 0.5) is 29.0 Å². The maximum Gasteiger partial charge on any atom is 0.239 e. The van der Waals surface area contributed by atoms with Gasteiger partial charge in [0, 0.05) is 36.0 Å². The van der Waals surface area contributed by atoms with E-state index in [0.717, 1.165) is 53.5 Å². The molecule has 0 radical (unpaired) electrons. The molecular weight excluding hydrogens is 603 g/mol. The summed E-state index contributed by atoms with van der Waals surface area (Å²) in [6.45, 7) is 7.48. The van der Waals surface area contributed by atoms with Crippen molar-refractivity contribution in [2.24, 2.45) is 0 Å². The third-order valence-corrected chi connectivity index (χ3v) is 9.51. The molecule has 1 aliphatic heterocycles. The summed E-state index contributed by atoms with van der Waals surface area (Å²) < 4.78 is 19.7. The molecule has 4 heterocycles. The highest BCUT2D eigenvalue weighted by Crippen LogP contribution is 2.41. The summed E-state index contributed by atoms with van der Waals surface area (Å²) >= 11 is 3.55. The Morgan fingerprint density at radius 2 is 1.78 bits per heavy atom. The third kappa shape index (κ3) is 6.32. The molecule has 0 bridgehead atoms. The second kappa shape index (κ2) is 11.9. The van der Waals surface area contributed by atoms with Crippen LogP contribution in [-0.4, -0.2) is 78.5 Å². The van der Waals surface area contributed by atoms with E-state index in [1.165, 1.54) is 0 Å². The molecule has 1 fully saturated rings. The van der Waals surface area contributed by atoms with Gasteiger partial charge in [-0.2, -0.15) is 9.97 Å². The van der Waals surface area contributed by atoms with Gasteiger partial charge < -0.3 is 29.7 Å². The van der Waals surface area contributed by atoms with Crippen LogP contribution < -0.4 is 25.6 Å². The first-order chi connectivity index (χ1) is 19.5. The molecule has 0 aliphatic carbocycles.